The second kappa shape index (κ2) is 7.17. The molecule has 2 aromatic rings. The van der Waals surface area contributed by atoms with Gasteiger partial charge >= 0.3 is 0 Å². The summed E-state index contributed by atoms with van der Waals surface area (Å²) < 4.78 is 13.9. The summed E-state index contributed by atoms with van der Waals surface area (Å²) in [5.74, 6) is -0.134. The van der Waals surface area contributed by atoms with Crippen LogP contribution in [-0.4, -0.2) is 19.0 Å². The van der Waals surface area contributed by atoms with Gasteiger partial charge in [-0.25, -0.2) is 4.39 Å². The lowest BCUT2D eigenvalue weighted by atomic mass is 10.1. The monoisotopic (exact) mass is 272 g/mol. The molecule has 0 bridgehead atoms. The molecule has 0 aliphatic heterocycles. The fourth-order valence-electron chi connectivity index (χ4n) is 2.31. The standard InChI is InChI=1S/C17H21FN2/c1-19-11-15-8-9-17(18)16(10-15)13-20(2)12-14-6-4-3-5-7-14/h3-10,19H,11-13H2,1-2H3. The maximum atomic E-state index is 13.9. The Balaban J connectivity index is 2.03. The van der Waals surface area contributed by atoms with Crippen LogP contribution in [0.15, 0.2) is 48.5 Å². The molecule has 0 fully saturated rings. The van der Waals surface area contributed by atoms with Crippen molar-refractivity contribution in [3.8, 4) is 0 Å². The first-order valence-electron chi connectivity index (χ1n) is 6.83. The van der Waals surface area contributed by atoms with Crippen LogP contribution in [0, 0.1) is 5.82 Å². The van der Waals surface area contributed by atoms with E-state index in [2.05, 4.69) is 22.3 Å². The van der Waals surface area contributed by atoms with Crippen LogP contribution in [0.2, 0.25) is 0 Å². The van der Waals surface area contributed by atoms with Crippen molar-refractivity contribution in [2.24, 2.45) is 0 Å². The zero-order chi connectivity index (χ0) is 14.4. The van der Waals surface area contributed by atoms with E-state index in [1.165, 1.54) is 5.56 Å². The highest BCUT2D eigenvalue weighted by atomic mass is 19.1. The van der Waals surface area contributed by atoms with Crippen molar-refractivity contribution in [1.82, 2.24) is 10.2 Å². The molecule has 0 amide bonds. The first-order valence-corrected chi connectivity index (χ1v) is 6.83. The van der Waals surface area contributed by atoms with Gasteiger partial charge in [0.05, 0.1) is 0 Å². The minimum Gasteiger partial charge on any atom is -0.316 e. The summed E-state index contributed by atoms with van der Waals surface area (Å²) in [6, 6.07) is 15.5. The molecule has 0 saturated heterocycles. The second-order valence-electron chi connectivity index (χ2n) is 5.11. The topological polar surface area (TPSA) is 15.3 Å². The van der Waals surface area contributed by atoms with Gasteiger partial charge in [-0.1, -0.05) is 42.5 Å². The van der Waals surface area contributed by atoms with Crippen LogP contribution in [0.5, 0.6) is 0 Å². The Hall–Kier alpha value is -1.71. The Morgan fingerprint density at radius 1 is 1.00 bits per heavy atom. The number of nitrogens with one attached hydrogen (secondary N) is 1. The lowest BCUT2D eigenvalue weighted by Crippen LogP contribution is -2.18. The molecule has 0 unspecified atom stereocenters. The van der Waals surface area contributed by atoms with E-state index in [1.54, 1.807) is 6.07 Å². The fraction of sp³-hybridized carbons (Fsp3) is 0.294. The maximum Gasteiger partial charge on any atom is 0.127 e. The van der Waals surface area contributed by atoms with Crippen LogP contribution < -0.4 is 5.32 Å². The number of benzene rings is 2. The van der Waals surface area contributed by atoms with Crippen LogP contribution >= 0.6 is 0 Å². The predicted molar refractivity (Wildman–Crippen MR) is 80.8 cm³/mol. The Kier molecular flexibility index (Phi) is 5.27. The molecule has 0 atom stereocenters. The molecule has 0 aromatic heterocycles. The van der Waals surface area contributed by atoms with Gasteiger partial charge in [0.1, 0.15) is 5.82 Å². The summed E-state index contributed by atoms with van der Waals surface area (Å²) >= 11 is 0. The third-order valence-corrected chi connectivity index (χ3v) is 3.23. The Morgan fingerprint density at radius 2 is 1.75 bits per heavy atom. The fourth-order valence-corrected chi connectivity index (χ4v) is 2.31. The van der Waals surface area contributed by atoms with Crippen molar-refractivity contribution in [3.05, 3.63) is 71.0 Å². The van der Waals surface area contributed by atoms with E-state index < -0.39 is 0 Å². The number of hydrogen-bond acceptors (Lipinski definition) is 2. The molecule has 0 heterocycles. The van der Waals surface area contributed by atoms with Crippen molar-refractivity contribution in [3.63, 3.8) is 0 Å². The minimum absolute atomic E-state index is 0.134. The number of hydrogen-bond donors (Lipinski definition) is 1. The smallest absolute Gasteiger partial charge is 0.127 e. The molecular formula is C17H21FN2. The highest BCUT2D eigenvalue weighted by molar-refractivity contribution is 5.25. The number of rotatable bonds is 6. The summed E-state index contributed by atoms with van der Waals surface area (Å²) in [5.41, 5.74) is 3.09. The van der Waals surface area contributed by atoms with Gasteiger partial charge in [0.15, 0.2) is 0 Å². The van der Waals surface area contributed by atoms with Crippen LogP contribution in [0.1, 0.15) is 16.7 Å². The molecule has 0 aliphatic rings. The van der Waals surface area contributed by atoms with Crippen molar-refractivity contribution < 1.29 is 4.39 Å². The van der Waals surface area contributed by atoms with E-state index in [0.717, 1.165) is 24.2 Å². The molecule has 0 spiro atoms. The van der Waals surface area contributed by atoms with Crippen molar-refractivity contribution in [1.29, 1.82) is 0 Å². The quantitative estimate of drug-likeness (QED) is 0.869. The first kappa shape index (κ1) is 14.7. The molecular weight excluding hydrogens is 251 g/mol. The van der Waals surface area contributed by atoms with Crippen molar-refractivity contribution in [2.75, 3.05) is 14.1 Å². The summed E-state index contributed by atoms with van der Waals surface area (Å²) in [6.07, 6.45) is 0. The molecule has 3 heteroatoms. The molecule has 2 nitrogen and oxygen atoms in total. The molecule has 2 aromatic carbocycles. The Bertz CT molecular complexity index is 540. The predicted octanol–water partition coefficient (Wildman–Crippen LogP) is 3.18. The summed E-state index contributed by atoms with van der Waals surface area (Å²) in [5, 5.41) is 3.09. The van der Waals surface area contributed by atoms with Crippen LogP contribution in [0.4, 0.5) is 4.39 Å². The average molecular weight is 272 g/mol. The van der Waals surface area contributed by atoms with Gasteiger partial charge in [0.2, 0.25) is 0 Å². The second-order valence-corrected chi connectivity index (χ2v) is 5.11. The van der Waals surface area contributed by atoms with Crippen LogP contribution in [0.25, 0.3) is 0 Å². The number of nitrogens with zero attached hydrogens (tertiary/aromatic N) is 1. The summed E-state index contributed by atoms with van der Waals surface area (Å²) in [6.45, 7) is 2.19. The van der Waals surface area contributed by atoms with Crippen molar-refractivity contribution >= 4 is 0 Å². The summed E-state index contributed by atoms with van der Waals surface area (Å²) in [4.78, 5) is 2.12. The zero-order valence-corrected chi connectivity index (χ0v) is 12.1. The van der Waals surface area contributed by atoms with E-state index >= 15 is 0 Å². The third-order valence-electron chi connectivity index (χ3n) is 3.23. The van der Waals surface area contributed by atoms with Gasteiger partial charge in [-0.2, -0.15) is 0 Å². The van der Waals surface area contributed by atoms with Crippen LogP contribution in [0.3, 0.4) is 0 Å². The molecule has 0 saturated carbocycles. The van der Waals surface area contributed by atoms with Gasteiger partial charge in [-0.3, -0.25) is 4.90 Å². The van der Waals surface area contributed by atoms with Gasteiger partial charge in [-0.05, 0) is 31.3 Å². The Morgan fingerprint density at radius 3 is 2.45 bits per heavy atom. The number of halogens is 1. The lowest BCUT2D eigenvalue weighted by molar-refractivity contribution is 0.313. The molecule has 0 aliphatic carbocycles. The minimum atomic E-state index is -0.134. The summed E-state index contributed by atoms with van der Waals surface area (Å²) in [7, 11) is 3.90. The maximum absolute atomic E-state index is 13.9. The van der Waals surface area contributed by atoms with Crippen molar-refractivity contribution in [2.45, 2.75) is 19.6 Å². The highest BCUT2D eigenvalue weighted by Crippen LogP contribution is 2.14. The average Bonchev–Trinajstić information content (AvgIpc) is 2.44. The normalized spacial score (nSPS) is 11.0. The van der Waals surface area contributed by atoms with E-state index in [-0.39, 0.29) is 5.82 Å². The lowest BCUT2D eigenvalue weighted by Gasteiger charge is -2.18. The molecule has 0 radical (unpaired) electrons. The molecule has 1 N–H and O–H groups in total. The van der Waals surface area contributed by atoms with E-state index in [9.17, 15) is 4.39 Å². The van der Waals surface area contributed by atoms with E-state index in [1.807, 2.05) is 44.4 Å². The Labute approximate surface area is 120 Å². The molecule has 106 valence electrons. The molecule has 2 rings (SSSR count). The van der Waals surface area contributed by atoms with Gasteiger partial charge in [-0.15, -0.1) is 0 Å². The third kappa shape index (κ3) is 4.15. The first-order chi connectivity index (χ1) is 9.69. The molecule has 20 heavy (non-hydrogen) atoms. The zero-order valence-electron chi connectivity index (χ0n) is 12.1. The van der Waals surface area contributed by atoms with Crippen LogP contribution in [-0.2, 0) is 19.6 Å². The van der Waals surface area contributed by atoms with Gasteiger partial charge in [0.25, 0.3) is 0 Å². The SMILES string of the molecule is CNCc1ccc(F)c(CN(C)Cc2ccccc2)c1. The van der Waals surface area contributed by atoms with Gasteiger partial charge in [0, 0.05) is 25.2 Å². The van der Waals surface area contributed by atoms with E-state index in [4.69, 9.17) is 0 Å². The highest BCUT2D eigenvalue weighted by Gasteiger charge is 2.07. The van der Waals surface area contributed by atoms with Gasteiger partial charge < -0.3 is 5.32 Å². The largest absolute Gasteiger partial charge is 0.316 e. The van der Waals surface area contributed by atoms with E-state index in [0.29, 0.717) is 6.54 Å².